The lowest BCUT2D eigenvalue weighted by molar-refractivity contribution is 0.0175. The summed E-state index contributed by atoms with van der Waals surface area (Å²) in [4.78, 5) is 17.1. The first-order valence-corrected chi connectivity index (χ1v) is 6.62. The highest BCUT2D eigenvalue weighted by molar-refractivity contribution is 5.68. The lowest BCUT2D eigenvalue weighted by atomic mass is 9.85. The van der Waals surface area contributed by atoms with Crippen molar-refractivity contribution in [3.8, 4) is 0 Å². The van der Waals surface area contributed by atoms with Crippen LogP contribution in [0, 0.1) is 12.5 Å². The maximum Gasteiger partial charge on any atom is 0.410 e. The molecule has 0 radical (unpaired) electrons. The maximum absolute atomic E-state index is 11.9. The number of amides is 1. The molecule has 0 aromatic carbocycles. The molecule has 102 valence electrons. The lowest BCUT2D eigenvalue weighted by Crippen LogP contribution is -2.42. The SMILES string of the molecule is [C-]#[N+]CC1CCC(N(C)C(=O)OC(C)(C)C)CC1. The molecule has 1 fully saturated rings. The molecular formula is C14H24N2O2. The molecule has 0 aromatic rings. The molecule has 4 nitrogen and oxygen atoms in total. The van der Waals surface area contributed by atoms with Crippen LogP contribution in [0.2, 0.25) is 0 Å². The average molecular weight is 252 g/mol. The zero-order valence-electron chi connectivity index (χ0n) is 11.9. The summed E-state index contributed by atoms with van der Waals surface area (Å²) in [6.07, 6.45) is 3.81. The van der Waals surface area contributed by atoms with Crippen LogP contribution in [-0.2, 0) is 4.74 Å². The maximum atomic E-state index is 11.9. The number of nitrogens with zero attached hydrogens (tertiary/aromatic N) is 2. The summed E-state index contributed by atoms with van der Waals surface area (Å²) in [5, 5.41) is 0. The van der Waals surface area contributed by atoms with E-state index >= 15 is 0 Å². The molecule has 1 rings (SSSR count). The van der Waals surface area contributed by atoms with E-state index < -0.39 is 5.60 Å². The average Bonchev–Trinajstić information content (AvgIpc) is 2.27. The molecule has 0 saturated heterocycles. The van der Waals surface area contributed by atoms with E-state index in [9.17, 15) is 4.79 Å². The van der Waals surface area contributed by atoms with Crippen LogP contribution in [0.5, 0.6) is 0 Å². The minimum absolute atomic E-state index is 0.240. The van der Waals surface area contributed by atoms with Crippen molar-refractivity contribution < 1.29 is 9.53 Å². The Hall–Kier alpha value is -1.24. The van der Waals surface area contributed by atoms with Gasteiger partial charge in [-0.15, -0.1) is 0 Å². The molecule has 1 amide bonds. The zero-order valence-corrected chi connectivity index (χ0v) is 11.9. The molecule has 0 aromatic heterocycles. The van der Waals surface area contributed by atoms with Gasteiger partial charge in [0.25, 0.3) is 0 Å². The van der Waals surface area contributed by atoms with Gasteiger partial charge in [0, 0.05) is 19.0 Å². The zero-order chi connectivity index (χ0) is 13.8. The Morgan fingerprint density at radius 3 is 2.33 bits per heavy atom. The quantitative estimate of drug-likeness (QED) is 0.706. The largest absolute Gasteiger partial charge is 0.444 e. The van der Waals surface area contributed by atoms with E-state index in [1.807, 2.05) is 27.8 Å². The first kappa shape index (κ1) is 14.8. The Bertz CT molecular complexity index is 320. The van der Waals surface area contributed by atoms with Crippen LogP contribution in [0.3, 0.4) is 0 Å². The summed E-state index contributed by atoms with van der Waals surface area (Å²) >= 11 is 0. The van der Waals surface area contributed by atoms with Crippen LogP contribution in [0.1, 0.15) is 46.5 Å². The van der Waals surface area contributed by atoms with Crippen molar-refractivity contribution in [2.75, 3.05) is 13.6 Å². The second-order valence-corrected chi connectivity index (χ2v) is 6.11. The Morgan fingerprint density at radius 2 is 1.89 bits per heavy atom. The van der Waals surface area contributed by atoms with Crippen LogP contribution < -0.4 is 0 Å². The number of rotatable bonds is 2. The Morgan fingerprint density at radius 1 is 1.33 bits per heavy atom. The Kier molecular flexibility index (Phi) is 5.01. The van der Waals surface area contributed by atoms with Gasteiger partial charge >= 0.3 is 6.09 Å². The second-order valence-electron chi connectivity index (χ2n) is 6.11. The second kappa shape index (κ2) is 6.08. The fourth-order valence-corrected chi connectivity index (χ4v) is 2.33. The van der Waals surface area contributed by atoms with Gasteiger partial charge in [0.1, 0.15) is 5.60 Å². The minimum atomic E-state index is -0.438. The van der Waals surface area contributed by atoms with E-state index in [1.54, 1.807) is 4.90 Å². The fraction of sp³-hybridized carbons (Fsp3) is 0.857. The number of carbonyl (C=O) groups is 1. The third-order valence-corrected chi connectivity index (χ3v) is 3.39. The molecule has 1 aliphatic carbocycles. The molecule has 0 heterocycles. The highest BCUT2D eigenvalue weighted by atomic mass is 16.6. The highest BCUT2D eigenvalue weighted by Gasteiger charge is 2.29. The van der Waals surface area contributed by atoms with Crippen molar-refractivity contribution in [3.63, 3.8) is 0 Å². The van der Waals surface area contributed by atoms with Crippen molar-refractivity contribution in [2.45, 2.75) is 58.1 Å². The van der Waals surface area contributed by atoms with Crippen molar-refractivity contribution in [3.05, 3.63) is 11.4 Å². The molecule has 0 unspecified atom stereocenters. The van der Waals surface area contributed by atoms with Crippen molar-refractivity contribution in [1.82, 2.24) is 4.90 Å². The van der Waals surface area contributed by atoms with Gasteiger partial charge in [-0.1, -0.05) is 0 Å². The molecule has 0 atom stereocenters. The standard InChI is InChI=1S/C14H24N2O2/c1-14(2,3)18-13(17)16(5)12-8-6-11(7-9-12)10-15-4/h11-12H,6-10H2,1-3,5H3. The molecule has 18 heavy (non-hydrogen) atoms. The van der Waals surface area contributed by atoms with Crippen LogP contribution in [0.25, 0.3) is 4.85 Å². The number of hydrogen-bond acceptors (Lipinski definition) is 2. The van der Waals surface area contributed by atoms with Gasteiger partial charge < -0.3 is 14.5 Å². The molecule has 1 saturated carbocycles. The first-order chi connectivity index (χ1) is 8.33. The number of carbonyl (C=O) groups excluding carboxylic acids is 1. The predicted octanol–water partition coefficient (Wildman–Crippen LogP) is 3.33. The van der Waals surface area contributed by atoms with E-state index in [0.717, 1.165) is 25.7 Å². The summed E-state index contributed by atoms with van der Waals surface area (Å²) < 4.78 is 5.37. The molecule has 0 spiro atoms. The Labute approximate surface area is 110 Å². The van der Waals surface area contributed by atoms with Crippen LogP contribution in [0.4, 0.5) is 4.79 Å². The molecular weight excluding hydrogens is 228 g/mol. The van der Waals surface area contributed by atoms with Crippen LogP contribution in [-0.4, -0.2) is 36.2 Å². The van der Waals surface area contributed by atoms with Gasteiger partial charge in [0.2, 0.25) is 6.54 Å². The van der Waals surface area contributed by atoms with Gasteiger partial charge in [-0.3, -0.25) is 0 Å². The molecule has 1 aliphatic rings. The summed E-state index contributed by atoms with van der Waals surface area (Å²) in [5.74, 6) is 0.519. The van der Waals surface area contributed by atoms with Gasteiger partial charge in [0.15, 0.2) is 0 Å². The summed E-state index contributed by atoms with van der Waals surface area (Å²) in [6, 6.07) is 0.266. The predicted molar refractivity (Wildman–Crippen MR) is 71.2 cm³/mol. The van der Waals surface area contributed by atoms with Gasteiger partial charge in [-0.25, -0.2) is 11.4 Å². The van der Waals surface area contributed by atoms with Gasteiger partial charge in [-0.2, -0.15) is 0 Å². The van der Waals surface area contributed by atoms with E-state index in [0.29, 0.717) is 12.5 Å². The number of hydrogen-bond donors (Lipinski definition) is 0. The smallest absolute Gasteiger partial charge is 0.410 e. The molecule has 0 bridgehead atoms. The van der Waals surface area contributed by atoms with Crippen molar-refractivity contribution in [1.29, 1.82) is 0 Å². The van der Waals surface area contributed by atoms with E-state index in [1.165, 1.54) is 0 Å². The third-order valence-electron chi connectivity index (χ3n) is 3.39. The summed E-state index contributed by atoms with van der Waals surface area (Å²) in [7, 11) is 1.81. The Balaban J connectivity index is 2.43. The lowest BCUT2D eigenvalue weighted by Gasteiger charge is -2.34. The minimum Gasteiger partial charge on any atom is -0.444 e. The van der Waals surface area contributed by atoms with Gasteiger partial charge in [-0.05, 0) is 46.5 Å². The third kappa shape index (κ3) is 4.56. The van der Waals surface area contributed by atoms with E-state index in [-0.39, 0.29) is 12.1 Å². The van der Waals surface area contributed by atoms with E-state index in [4.69, 9.17) is 11.3 Å². The topological polar surface area (TPSA) is 33.9 Å². The van der Waals surface area contributed by atoms with Crippen molar-refractivity contribution >= 4 is 6.09 Å². The monoisotopic (exact) mass is 252 g/mol. The van der Waals surface area contributed by atoms with Gasteiger partial charge in [0.05, 0.1) is 0 Å². The molecule has 0 aliphatic heterocycles. The van der Waals surface area contributed by atoms with E-state index in [2.05, 4.69) is 4.85 Å². The molecule has 4 heteroatoms. The van der Waals surface area contributed by atoms with Crippen LogP contribution >= 0.6 is 0 Å². The van der Waals surface area contributed by atoms with Crippen LogP contribution in [0.15, 0.2) is 0 Å². The first-order valence-electron chi connectivity index (χ1n) is 6.62. The highest BCUT2D eigenvalue weighted by Crippen LogP contribution is 2.28. The fourth-order valence-electron chi connectivity index (χ4n) is 2.33. The van der Waals surface area contributed by atoms with Crippen molar-refractivity contribution in [2.24, 2.45) is 5.92 Å². The molecule has 0 N–H and O–H groups in total. The summed E-state index contributed by atoms with van der Waals surface area (Å²) in [6.45, 7) is 13.1. The normalized spacial score (nSPS) is 24.2. The summed E-state index contributed by atoms with van der Waals surface area (Å²) in [5.41, 5.74) is -0.438. The number of ether oxygens (including phenoxy) is 1.